The summed E-state index contributed by atoms with van der Waals surface area (Å²) in [7, 11) is 0. The van der Waals surface area contributed by atoms with Crippen LogP contribution in [0, 0.1) is 0 Å². The second-order valence-corrected chi connectivity index (χ2v) is 5.99. The number of allylic oxidation sites excluding steroid dienone is 1. The van der Waals surface area contributed by atoms with E-state index < -0.39 is 17.3 Å². The van der Waals surface area contributed by atoms with Crippen LogP contribution in [0.15, 0.2) is 11.3 Å². The van der Waals surface area contributed by atoms with Gasteiger partial charge in [-0.25, -0.2) is 0 Å². The van der Waals surface area contributed by atoms with Gasteiger partial charge in [-0.1, -0.05) is 32.6 Å². The summed E-state index contributed by atoms with van der Waals surface area (Å²) in [6.07, 6.45) is 1.60. The number of hydrogen-bond acceptors (Lipinski definition) is 2. The van der Waals surface area contributed by atoms with E-state index >= 15 is 0 Å². The maximum Gasteiger partial charge on any atom is 0.415 e. The lowest BCUT2D eigenvalue weighted by molar-refractivity contribution is -0.102. The molecule has 0 aromatic carbocycles. The molecule has 0 spiro atoms. The van der Waals surface area contributed by atoms with Gasteiger partial charge in [0.2, 0.25) is 0 Å². The summed E-state index contributed by atoms with van der Waals surface area (Å²) in [4.78, 5) is 0. The van der Waals surface area contributed by atoms with Crippen molar-refractivity contribution in [2.24, 2.45) is 5.73 Å². The maximum absolute atomic E-state index is 13.0. The summed E-state index contributed by atoms with van der Waals surface area (Å²) in [6, 6.07) is 0. The van der Waals surface area contributed by atoms with E-state index in [0.717, 1.165) is 25.7 Å². The molecule has 0 saturated heterocycles. The minimum absolute atomic E-state index is 0.107. The van der Waals surface area contributed by atoms with Gasteiger partial charge in [0.15, 0.2) is 0 Å². The number of unbranched alkanes of at least 4 members (excludes halogenated alkanes) is 4. The molecule has 0 aliphatic heterocycles. The largest absolute Gasteiger partial charge is 0.498 e. The Hall–Kier alpha value is -0.710. The molecule has 0 aromatic heterocycles. The summed E-state index contributed by atoms with van der Waals surface area (Å²) < 4.78 is 44.5. The SMILES string of the molecule is CCCCCCCOC1=C(C(F)(F)F)CC(C)(N)CC1. The highest BCUT2D eigenvalue weighted by Gasteiger charge is 2.43. The molecule has 0 aromatic rings. The Kier molecular flexibility index (Phi) is 6.37. The summed E-state index contributed by atoms with van der Waals surface area (Å²) in [5, 5.41) is 0. The lowest BCUT2D eigenvalue weighted by Crippen LogP contribution is -2.41. The molecule has 2 N–H and O–H groups in total. The van der Waals surface area contributed by atoms with Gasteiger partial charge in [0.25, 0.3) is 0 Å². The molecule has 0 bridgehead atoms. The monoisotopic (exact) mass is 293 g/mol. The Labute approximate surface area is 119 Å². The molecular weight excluding hydrogens is 267 g/mol. The van der Waals surface area contributed by atoms with Crippen LogP contribution in [0.25, 0.3) is 0 Å². The van der Waals surface area contributed by atoms with Crippen LogP contribution >= 0.6 is 0 Å². The Bertz CT molecular complexity index is 335. The zero-order valence-electron chi connectivity index (χ0n) is 12.5. The minimum Gasteiger partial charge on any atom is -0.498 e. The average Bonchev–Trinajstić information content (AvgIpc) is 2.33. The summed E-state index contributed by atoms with van der Waals surface area (Å²) in [6.45, 7) is 4.17. The van der Waals surface area contributed by atoms with Gasteiger partial charge in [-0.15, -0.1) is 0 Å². The van der Waals surface area contributed by atoms with Gasteiger partial charge in [-0.2, -0.15) is 13.2 Å². The van der Waals surface area contributed by atoms with E-state index in [9.17, 15) is 13.2 Å². The molecule has 1 aliphatic carbocycles. The van der Waals surface area contributed by atoms with Crippen molar-refractivity contribution in [1.29, 1.82) is 0 Å². The minimum atomic E-state index is -4.33. The third kappa shape index (κ3) is 5.73. The smallest absolute Gasteiger partial charge is 0.415 e. The third-order valence-electron chi connectivity index (χ3n) is 3.71. The number of nitrogens with two attached hydrogens (primary N) is 1. The third-order valence-corrected chi connectivity index (χ3v) is 3.71. The molecule has 0 radical (unpaired) electrons. The fourth-order valence-corrected chi connectivity index (χ4v) is 2.46. The van der Waals surface area contributed by atoms with Crippen LogP contribution in [-0.2, 0) is 4.74 Å². The first kappa shape index (κ1) is 17.3. The lowest BCUT2D eigenvalue weighted by Gasteiger charge is -2.33. The highest BCUT2D eigenvalue weighted by molar-refractivity contribution is 5.21. The fraction of sp³-hybridized carbons (Fsp3) is 0.867. The van der Waals surface area contributed by atoms with Crippen LogP contribution in [0.5, 0.6) is 0 Å². The van der Waals surface area contributed by atoms with Gasteiger partial charge >= 0.3 is 6.18 Å². The molecule has 0 fully saturated rings. The number of ether oxygens (including phenoxy) is 1. The van der Waals surface area contributed by atoms with Gasteiger partial charge in [-0.3, -0.25) is 0 Å². The van der Waals surface area contributed by atoms with E-state index in [4.69, 9.17) is 10.5 Å². The highest BCUT2D eigenvalue weighted by Crippen LogP contribution is 2.40. The lowest BCUT2D eigenvalue weighted by atomic mass is 9.82. The first-order valence-electron chi connectivity index (χ1n) is 7.47. The maximum atomic E-state index is 13.0. The van der Waals surface area contributed by atoms with Gasteiger partial charge in [-0.05, 0) is 26.2 Å². The molecule has 1 atom stereocenters. The second-order valence-electron chi connectivity index (χ2n) is 5.99. The normalized spacial score (nSPS) is 24.1. The molecule has 1 rings (SSSR count). The number of alkyl halides is 3. The Morgan fingerprint density at radius 2 is 1.85 bits per heavy atom. The molecular formula is C15H26F3NO. The summed E-state index contributed by atoms with van der Waals surface area (Å²) in [5.74, 6) is 0.107. The van der Waals surface area contributed by atoms with Crippen molar-refractivity contribution in [2.45, 2.75) is 76.9 Å². The van der Waals surface area contributed by atoms with E-state index in [1.807, 2.05) is 0 Å². The highest BCUT2D eigenvalue weighted by atomic mass is 19.4. The van der Waals surface area contributed by atoms with Gasteiger partial charge < -0.3 is 10.5 Å². The van der Waals surface area contributed by atoms with Crippen LogP contribution in [0.2, 0.25) is 0 Å². The van der Waals surface area contributed by atoms with Crippen LogP contribution in [0.4, 0.5) is 13.2 Å². The van der Waals surface area contributed by atoms with Crippen molar-refractivity contribution in [3.05, 3.63) is 11.3 Å². The number of rotatable bonds is 7. The predicted octanol–water partition coefficient (Wildman–Crippen LogP) is 4.69. The van der Waals surface area contributed by atoms with Crippen LogP contribution < -0.4 is 5.73 Å². The van der Waals surface area contributed by atoms with Crippen LogP contribution in [0.3, 0.4) is 0 Å². The van der Waals surface area contributed by atoms with Gasteiger partial charge in [0, 0.05) is 12.0 Å². The van der Waals surface area contributed by atoms with Gasteiger partial charge in [0.05, 0.1) is 12.2 Å². The topological polar surface area (TPSA) is 35.2 Å². The fourth-order valence-electron chi connectivity index (χ4n) is 2.46. The molecule has 118 valence electrons. The molecule has 0 saturated carbocycles. The van der Waals surface area contributed by atoms with E-state index in [2.05, 4.69) is 6.92 Å². The van der Waals surface area contributed by atoms with Crippen molar-refractivity contribution in [1.82, 2.24) is 0 Å². The second kappa shape index (κ2) is 7.34. The molecule has 5 heteroatoms. The Morgan fingerprint density at radius 3 is 2.45 bits per heavy atom. The average molecular weight is 293 g/mol. The van der Waals surface area contributed by atoms with Crippen LogP contribution in [-0.4, -0.2) is 18.3 Å². The van der Waals surface area contributed by atoms with Gasteiger partial charge in [0.1, 0.15) is 5.76 Å². The number of hydrogen-bond donors (Lipinski definition) is 1. The standard InChI is InChI=1S/C15H26F3NO/c1-3-4-5-6-7-10-20-13-8-9-14(2,19)11-12(13)15(16,17)18/h3-11,19H2,1-2H3. The quantitative estimate of drug-likeness (QED) is 0.691. The van der Waals surface area contributed by atoms with E-state index in [0.29, 0.717) is 13.0 Å². The number of halogens is 3. The van der Waals surface area contributed by atoms with Crippen molar-refractivity contribution in [3.63, 3.8) is 0 Å². The predicted molar refractivity (Wildman–Crippen MR) is 74.2 cm³/mol. The first-order chi connectivity index (χ1) is 9.26. The Balaban J connectivity index is 2.53. The van der Waals surface area contributed by atoms with E-state index in [1.165, 1.54) is 6.42 Å². The van der Waals surface area contributed by atoms with Crippen molar-refractivity contribution >= 4 is 0 Å². The molecule has 1 aliphatic rings. The Morgan fingerprint density at radius 1 is 1.20 bits per heavy atom. The zero-order chi connectivity index (χ0) is 15.2. The van der Waals surface area contributed by atoms with Crippen molar-refractivity contribution < 1.29 is 17.9 Å². The summed E-state index contributed by atoms with van der Waals surface area (Å²) in [5.41, 5.74) is 4.50. The van der Waals surface area contributed by atoms with Crippen LogP contribution in [0.1, 0.15) is 65.2 Å². The molecule has 2 nitrogen and oxygen atoms in total. The van der Waals surface area contributed by atoms with E-state index in [-0.39, 0.29) is 18.6 Å². The molecule has 0 heterocycles. The zero-order valence-corrected chi connectivity index (χ0v) is 12.5. The summed E-state index contributed by atoms with van der Waals surface area (Å²) >= 11 is 0. The van der Waals surface area contributed by atoms with Crippen molar-refractivity contribution in [3.8, 4) is 0 Å². The first-order valence-corrected chi connectivity index (χ1v) is 7.47. The van der Waals surface area contributed by atoms with Crippen molar-refractivity contribution in [2.75, 3.05) is 6.61 Å². The van der Waals surface area contributed by atoms with E-state index in [1.54, 1.807) is 6.92 Å². The molecule has 0 amide bonds. The molecule has 1 unspecified atom stereocenters. The molecule has 20 heavy (non-hydrogen) atoms.